The molecule has 15 nitrogen and oxygen atoms in total. The molecule has 25 heteroatoms. The van der Waals surface area contributed by atoms with Crippen molar-refractivity contribution < 1.29 is 102 Å². The van der Waals surface area contributed by atoms with Gasteiger partial charge in [-0.05, 0) is 85.3 Å². The summed E-state index contributed by atoms with van der Waals surface area (Å²) in [5, 5.41) is 14.1. The quantitative estimate of drug-likeness (QED) is 0.0312. The molecule has 8 aromatic carbocycles. The minimum absolute atomic E-state index is 0. The van der Waals surface area contributed by atoms with E-state index >= 15 is 0 Å². The third kappa shape index (κ3) is 19.3. The van der Waals surface area contributed by atoms with Crippen LogP contribution in [0.1, 0.15) is 88.0 Å². The van der Waals surface area contributed by atoms with Gasteiger partial charge in [-0.25, -0.2) is 36.8 Å². The summed E-state index contributed by atoms with van der Waals surface area (Å²) < 4.78 is 123. The number of alkyl halides is 6. The minimum Gasteiger partial charge on any atom is -0.741 e. The van der Waals surface area contributed by atoms with E-state index in [2.05, 4.69) is 170 Å². The molecule has 520 valence electrons. The topological polar surface area (TPSA) is 225 Å². The van der Waals surface area contributed by atoms with E-state index in [1.807, 2.05) is 63.0 Å². The molecule has 0 spiro atoms. The first-order chi connectivity index (χ1) is 46.6. The van der Waals surface area contributed by atoms with Crippen LogP contribution in [0.15, 0.2) is 214 Å². The summed E-state index contributed by atoms with van der Waals surface area (Å²) in [7, 11) is -12.2. The van der Waals surface area contributed by atoms with Gasteiger partial charge >= 0.3 is 55.8 Å². The largest absolute Gasteiger partial charge is 1.00 e. The summed E-state index contributed by atoms with van der Waals surface area (Å²) >= 11 is 0. The minimum atomic E-state index is -6.09. The maximum absolute atomic E-state index is 10.7. The predicted octanol–water partition coefficient (Wildman–Crippen LogP) is 17.0. The molecule has 12 aromatic rings. The fourth-order valence-electron chi connectivity index (χ4n) is 11.9. The van der Waals surface area contributed by atoms with Crippen molar-refractivity contribution in [2.75, 3.05) is 13.2 Å². The van der Waals surface area contributed by atoms with Crippen LogP contribution in [0.4, 0.5) is 26.3 Å². The Morgan fingerprint density at radius 2 is 0.525 bits per heavy atom. The molecular weight excluding hydrogens is 1510 g/mol. The van der Waals surface area contributed by atoms with E-state index in [1.165, 1.54) is 68.8 Å². The summed E-state index contributed by atoms with van der Waals surface area (Å²) in [4.78, 5) is 40.3. The number of pyridine rings is 4. The van der Waals surface area contributed by atoms with Gasteiger partial charge in [-0.1, -0.05) is 196 Å². The van der Waals surface area contributed by atoms with Gasteiger partial charge in [0.05, 0.1) is 69.0 Å². The van der Waals surface area contributed by atoms with Crippen LogP contribution in [0.25, 0.3) is 86.7 Å². The monoisotopic (exact) mass is 1570 g/mol. The number of nitrogens with zero attached hydrogens (tertiary/aromatic N) is 8. The first-order valence-corrected chi connectivity index (χ1v) is 34.3. The third-order valence-corrected chi connectivity index (χ3v) is 17.6. The smallest absolute Gasteiger partial charge is 0.741 e. The van der Waals surface area contributed by atoms with E-state index in [1.54, 1.807) is 0 Å². The van der Waals surface area contributed by atoms with Gasteiger partial charge in [0.2, 0.25) is 0 Å². The van der Waals surface area contributed by atoms with Crippen LogP contribution in [0.3, 0.4) is 0 Å². The Hall–Kier alpha value is -8.04. The standard InChI is InChI=1S/2C34H28N4.C4H10O.2CHF3O3S.2Ag/c2*1-3-15-27-23(11-1)25-13-5-7-17-29(25)37-33(27)21-35-31-19-9-10-20-32(31)36-22-34-28-16-4-2-12-24(28)26-14-6-8-18-30(26)38-34;1-3-5-4-2;2*2-1(3,4)8(5,6)7;;/h2*1-8,11-18,21-22,31-32H,9-10,19-20H2;3-4H2,1-2H3;2*(H,5,6,7);;/q;;;;;2*+1/p-2/t2*31-,32+;;;;;. The summed E-state index contributed by atoms with van der Waals surface area (Å²) in [6, 6.07) is 67.8. The van der Waals surface area contributed by atoms with Crippen molar-refractivity contribution >= 4 is 132 Å². The molecule has 4 heterocycles. The van der Waals surface area contributed by atoms with Crippen molar-refractivity contribution in [3.63, 3.8) is 0 Å². The number of fused-ring (bicyclic) bond motifs is 12. The summed E-state index contributed by atoms with van der Waals surface area (Å²) in [5.41, 5.74) is -3.59. The van der Waals surface area contributed by atoms with E-state index < -0.39 is 31.3 Å². The van der Waals surface area contributed by atoms with Crippen molar-refractivity contribution in [1.82, 2.24) is 19.9 Å². The van der Waals surface area contributed by atoms with Crippen molar-refractivity contribution in [1.29, 1.82) is 0 Å². The first kappa shape index (κ1) is 76.7. The molecule has 0 bridgehead atoms. The number of hydrogen-bond donors (Lipinski definition) is 0. The van der Waals surface area contributed by atoms with Gasteiger partial charge in [-0.15, -0.1) is 0 Å². The molecular formula is C74H66Ag2F6N8O7S2. The Bertz CT molecular complexity index is 4560. The molecule has 4 atom stereocenters. The van der Waals surface area contributed by atoms with Crippen LogP contribution in [0, 0.1) is 0 Å². The Morgan fingerprint density at radius 3 is 0.697 bits per heavy atom. The SMILES string of the molecule is C(=N[C@H]1CCCC[C@H]1N=Cc1nc2ccccc2c2ccccc12)c1nc2ccccc2c2ccccc12.C(=N[C@H]1CCCC[C@H]1N=Cc1nc2ccccc2c2ccccc12)c1nc2ccccc2c2ccccc12.CCOCC.O=S(=O)([O-])C(F)(F)F.O=S(=O)([O-])C(F)(F)F.[Ag+].[Ag+]. The van der Waals surface area contributed by atoms with E-state index in [4.69, 9.17) is 70.6 Å². The molecule has 4 aromatic heterocycles. The van der Waals surface area contributed by atoms with Crippen molar-refractivity contribution in [3.8, 4) is 0 Å². The van der Waals surface area contributed by atoms with Gasteiger partial charge in [0, 0.05) is 81.2 Å². The molecule has 0 unspecified atom stereocenters. The van der Waals surface area contributed by atoms with Crippen LogP contribution in [-0.2, 0) is 69.7 Å². The molecule has 2 aliphatic rings. The molecule has 2 aliphatic carbocycles. The number of hydrogen-bond acceptors (Lipinski definition) is 15. The van der Waals surface area contributed by atoms with Gasteiger partial charge in [0.15, 0.2) is 20.2 Å². The summed E-state index contributed by atoms with van der Waals surface area (Å²) in [6.07, 6.45) is 16.8. The number of para-hydroxylation sites is 4. The van der Waals surface area contributed by atoms with E-state index in [0.29, 0.717) is 0 Å². The van der Waals surface area contributed by atoms with Gasteiger partial charge < -0.3 is 13.8 Å². The normalized spacial score (nSPS) is 16.8. The average Bonchev–Trinajstić information content (AvgIpc) is 0.797. The Balaban J connectivity index is 0.000000193. The number of aliphatic imine (C=N–C) groups is 4. The zero-order valence-electron chi connectivity index (χ0n) is 53.3. The zero-order chi connectivity index (χ0) is 68.7. The van der Waals surface area contributed by atoms with Gasteiger partial charge in [0.25, 0.3) is 0 Å². The molecule has 99 heavy (non-hydrogen) atoms. The number of ether oxygens (including phenoxy) is 1. The van der Waals surface area contributed by atoms with E-state index in [9.17, 15) is 26.3 Å². The fourth-order valence-corrected chi connectivity index (χ4v) is 11.9. The third-order valence-electron chi connectivity index (χ3n) is 16.5. The Labute approximate surface area is 599 Å². The first-order valence-electron chi connectivity index (χ1n) is 31.5. The molecule has 0 saturated heterocycles. The molecule has 0 N–H and O–H groups in total. The van der Waals surface area contributed by atoms with Crippen LogP contribution in [0.5, 0.6) is 0 Å². The number of halogens is 6. The molecule has 2 fully saturated rings. The number of aromatic nitrogens is 4. The Kier molecular flexibility index (Phi) is 27.0. The molecule has 0 amide bonds. The predicted molar refractivity (Wildman–Crippen MR) is 373 cm³/mol. The molecule has 2 saturated carbocycles. The molecule has 0 aliphatic heterocycles. The van der Waals surface area contributed by atoms with E-state index in [0.717, 1.165) is 105 Å². The number of benzene rings is 8. The second kappa shape index (κ2) is 34.8. The fraction of sp³-hybridized carbons (Fsp3) is 0.243. The van der Waals surface area contributed by atoms with Gasteiger partial charge in [-0.3, -0.25) is 20.0 Å². The van der Waals surface area contributed by atoms with Gasteiger partial charge in [0.1, 0.15) is 0 Å². The number of rotatable bonds is 10. The second-order valence-corrected chi connectivity index (χ2v) is 25.5. The Morgan fingerprint density at radius 1 is 0.354 bits per heavy atom. The summed E-state index contributed by atoms with van der Waals surface area (Å²) in [6.45, 7) is 5.67. The summed E-state index contributed by atoms with van der Waals surface area (Å²) in [5.74, 6) is 0. The van der Waals surface area contributed by atoms with Crippen LogP contribution in [-0.4, -0.2) is 119 Å². The van der Waals surface area contributed by atoms with Gasteiger partial charge in [-0.2, -0.15) is 26.3 Å². The van der Waals surface area contributed by atoms with Crippen molar-refractivity contribution in [3.05, 3.63) is 217 Å². The average molecular weight is 1570 g/mol. The maximum atomic E-state index is 10.7. The van der Waals surface area contributed by atoms with Crippen LogP contribution in [0.2, 0.25) is 0 Å². The maximum Gasteiger partial charge on any atom is 1.00 e. The van der Waals surface area contributed by atoms with E-state index in [-0.39, 0.29) is 68.9 Å². The van der Waals surface area contributed by atoms with Crippen molar-refractivity contribution in [2.24, 2.45) is 20.0 Å². The molecule has 0 radical (unpaired) electrons. The van der Waals surface area contributed by atoms with Crippen LogP contribution < -0.4 is 0 Å². The zero-order valence-corrected chi connectivity index (χ0v) is 57.9. The second-order valence-electron chi connectivity index (χ2n) is 22.8. The molecule has 14 rings (SSSR count). The van der Waals surface area contributed by atoms with Crippen molar-refractivity contribution in [2.45, 2.75) is 100 Å². The van der Waals surface area contributed by atoms with Crippen LogP contribution >= 0.6 is 0 Å².